The molecule has 3 rings (SSSR count). The fourth-order valence-electron chi connectivity index (χ4n) is 2.25. The Morgan fingerprint density at radius 1 is 1.12 bits per heavy atom. The van der Waals surface area contributed by atoms with Gasteiger partial charge in [-0.05, 0) is 42.8 Å². The van der Waals surface area contributed by atoms with E-state index in [-0.39, 0.29) is 5.91 Å². The zero-order chi connectivity index (χ0) is 17.6. The first kappa shape index (κ1) is 17.4. The molecule has 25 heavy (non-hydrogen) atoms. The monoisotopic (exact) mass is 371 g/mol. The molecule has 0 atom stereocenters. The summed E-state index contributed by atoms with van der Waals surface area (Å²) < 4.78 is 2.21. The van der Waals surface area contributed by atoms with E-state index in [1.165, 1.54) is 4.70 Å². The van der Waals surface area contributed by atoms with Crippen LogP contribution in [0.1, 0.15) is 23.2 Å². The standard InChI is InChI=1S/C18H17N3O2S2/c19-17(23)12-7-9-13(10-8-12)20-16(22)6-3-11-24-18-21-14-4-1-2-5-15(14)25-18/h1-2,4-5,7-10H,3,6,11H2,(H2,19,23)(H,20,22). The summed E-state index contributed by atoms with van der Waals surface area (Å²) in [5.41, 5.74) is 7.29. The number of nitrogens with two attached hydrogens (primary N) is 1. The fourth-order valence-corrected chi connectivity index (χ4v) is 4.32. The predicted octanol–water partition coefficient (Wildman–Crippen LogP) is 3.91. The summed E-state index contributed by atoms with van der Waals surface area (Å²) in [6.07, 6.45) is 1.21. The topological polar surface area (TPSA) is 85.1 Å². The maximum Gasteiger partial charge on any atom is 0.248 e. The molecule has 0 bridgehead atoms. The molecule has 0 spiro atoms. The molecular formula is C18H17N3O2S2. The molecule has 0 saturated carbocycles. The number of carbonyl (C=O) groups is 2. The maximum absolute atomic E-state index is 12.0. The number of thiazole rings is 1. The van der Waals surface area contributed by atoms with Crippen LogP contribution in [0.2, 0.25) is 0 Å². The Morgan fingerprint density at radius 2 is 1.88 bits per heavy atom. The van der Waals surface area contributed by atoms with E-state index in [0.29, 0.717) is 17.7 Å². The average molecular weight is 371 g/mol. The van der Waals surface area contributed by atoms with Crippen LogP contribution in [0.4, 0.5) is 5.69 Å². The third kappa shape index (κ3) is 4.80. The highest BCUT2D eigenvalue weighted by Gasteiger charge is 2.06. The van der Waals surface area contributed by atoms with Crippen molar-refractivity contribution in [3.8, 4) is 0 Å². The number of hydrogen-bond donors (Lipinski definition) is 2. The van der Waals surface area contributed by atoms with Gasteiger partial charge in [-0.15, -0.1) is 11.3 Å². The number of carbonyl (C=O) groups excluding carboxylic acids is 2. The SMILES string of the molecule is NC(=O)c1ccc(NC(=O)CCCSc2nc3ccccc3s2)cc1. The number of aromatic nitrogens is 1. The third-order valence-electron chi connectivity index (χ3n) is 3.50. The molecule has 0 aliphatic rings. The lowest BCUT2D eigenvalue weighted by molar-refractivity contribution is -0.116. The van der Waals surface area contributed by atoms with Gasteiger partial charge in [0, 0.05) is 23.4 Å². The van der Waals surface area contributed by atoms with Gasteiger partial charge in [0.25, 0.3) is 0 Å². The molecule has 0 aliphatic heterocycles. The van der Waals surface area contributed by atoms with Gasteiger partial charge in [0.15, 0.2) is 4.34 Å². The summed E-state index contributed by atoms with van der Waals surface area (Å²) in [5.74, 6) is 0.315. The van der Waals surface area contributed by atoms with Crippen molar-refractivity contribution in [2.24, 2.45) is 5.73 Å². The molecule has 1 heterocycles. The second-order valence-corrected chi connectivity index (χ2v) is 7.76. The minimum Gasteiger partial charge on any atom is -0.366 e. The van der Waals surface area contributed by atoms with Crippen molar-refractivity contribution in [1.29, 1.82) is 0 Å². The lowest BCUT2D eigenvalue weighted by Crippen LogP contribution is -2.13. The summed E-state index contributed by atoms with van der Waals surface area (Å²) in [6.45, 7) is 0. The smallest absolute Gasteiger partial charge is 0.248 e. The molecule has 2 amide bonds. The number of anilines is 1. The van der Waals surface area contributed by atoms with Gasteiger partial charge >= 0.3 is 0 Å². The minimum atomic E-state index is -0.482. The van der Waals surface area contributed by atoms with Gasteiger partial charge < -0.3 is 11.1 Å². The number of nitrogens with one attached hydrogen (secondary N) is 1. The van der Waals surface area contributed by atoms with Crippen molar-refractivity contribution < 1.29 is 9.59 Å². The predicted molar refractivity (Wildman–Crippen MR) is 103 cm³/mol. The number of benzene rings is 2. The summed E-state index contributed by atoms with van der Waals surface area (Å²) in [5, 5.41) is 2.81. The van der Waals surface area contributed by atoms with Crippen LogP contribution < -0.4 is 11.1 Å². The Morgan fingerprint density at radius 3 is 2.60 bits per heavy atom. The van der Waals surface area contributed by atoms with E-state index in [1.807, 2.05) is 18.2 Å². The molecule has 0 unspecified atom stereocenters. The first-order valence-electron chi connectivity index (χ1n) is 7.80. The van der Waals surface area contributed by atoms with Crippen molar-refractivity contribution in [2.45, 2.75) is 17.2 Å². The van der Waals surface area contributed by atoms with Crippen LogP contribution in [0, 0.1) is 0 Å². The van der Waals surface area contributed by atoms with E-state index >= 15 is 0 Å². The first-order chi connectivity index (χ1) is 12.1. The molecule has 1 aromatic heterocycles. The van der Waals surface area contributed by atoms with Crippen molar-refractivity contribution in [3.05, 3.63) is 54.1 Å². The Hall–Kier alpha value is -2.38. The summed E-state index contributed by atoms with van der Waals surface area (Å²) in [6, 6.07) is 14.6. The lowest BCUT2D eigenvalue weighted by Gasteiger charge is -2.05. The lowest BCUT2D eigenvalue weighted by atomic mass is 10.2. The number of rotatable bonds is 7. The van der Waals surface area contributed by atoms with Crippen LogP contribution in [0.5, 0.6) is 0 Å². The van der Waals surface area contributed by atoms with Crippen LogP contribution in [-0.4, -0.2) is 22.6 Å². The van der Waals surface area contributed by atoms with Crippen LogP contribution in [0.25, 0.3) is 10.2 Å². The molecule has 5 nitrogen and oxygen atoms in total. The van der Waals surface area contributed by atoms with Crippen molar-refractivity contribution >= 4 is 50.8 Å². The first-order valence-corrected chi connectivity index (χ1v) is 9.60. The quantitative estimate of drug-likeness (QED) is 0.487. The Kier molecular flexibility index (Phi) is 5.67. The van der Waals surface area contributed by atoms with E-state index in [1.54, 1.807) is 47.4 Å². The number of hydrogen-bond acceptors (Lipinski definition) is 5. The largest absolute Gasteiger partial charge is 0.366 e. The highest BCUT2D eigenvalue weighted by Crippen LogP contribution is 2.29. The molecule has 3 aromatic rings. The number of amides is 2. The second kappa shape index (κ2) is 8.13. The van der Waals surface area contributed by atoms with Gasteiger partial charge in [0.1, 0.15) is 0 Å². The molecule has 128 valence electrons. The van der Waals surface area contributed by atoms with Crippen LogP contribution >= 0.6 is 23.1 Å². The molecule has 0 fully saturated rings. The Balaban J connectivity index is 1.42. The highest BCUT2D eigenvalue weighted by molar-refractivity contribution is 8.01. The van der Waals surface area contributed by atoms with Gasteiger partial charge in [-0.25, -0.2) is 4.98 Å². The second-order valence-electron chi connectivity index (χ2n) is 5.39. The van der Waals surface area contributed by atoms with Crippen molar-refractivity contribution in [2.75, 3.05) is 11.1 Å². The molecule has 3 N–H and O–H groups in total. The minimum absolute atomic E-state index is 0.0447. The van der Waals surface area contributed by atoms with Crippen LogP contribution in [-0.2, 0) is 4.79 Å². The van der Waals surface area contributed by atoms with Gasteiger partial charge in [0.05, 0.1) is 10.2 Å². The molecular weight excluding hydrogens is 354 g/mol. The Labute approximate surface area is 153 Å². The van der Waals surface area contributed by atoms with Gasteiger partial charge in [0.2, 0.25) is 11.8 Å². The molecule has 0 aliphatic carbocycles. The normalized spacial score (nSPS) is 10.7. The van der Waals surface area contributed by atoms with Gasteiger partial charge in [-0.3, -0.25) is 9.59 Å². The summed E-state index contributed by atoms with van der Waals surface area (Å²) in [4.78, 5) is 27.5. The van der Waals surface area contributed by atoms with Gasteiger partial charge in [-0.2, -0.15) is 0 Å². The zero-order valence-corrected chi connectivity index (χ0v) is 15.0. The maximum atomic E-state index is 12.0. The third-order valence-corrected chi connectivity index (χ3v) is 5.77. The summed E-state index contributed by atoms with van der Waals surface area (Å²) in [7, 11) is 0. The Bertz CT molecular complexity index is 858. The number of para-hydroxylation sites is 1. The average Bonchev–Trinajstić information content (AvgIpc) is 3.02. The number of primary amides is 1. The van der Waals surface area contributed by atoms with E-state index < -0.39 is 5.91 Å². The molecule has 2 aromatic carbocycles. The van der Waals surface area contributed by atoms with E-state index in [4.69, 9.17) is 5.73 Å². The van der Waals surface area contributed by atoms with Crippen molar-refractivity contribution in [1.82, 2.24) is 4.98 Å². The number of fused-ring (bicyclic) bond motifs is 1. The fraction of sp³-hybridized carbons (Fsp3) is 0.167. The van der Waals surface area contributed by atoms with Crippen LogP contribution in [0.15, 0.2) is 52.9 Å². The number of nitrogens with zero attached hydrogens (tertiary/aromatic N) is 1. The van der Waals surface area contributed by atoms with E-state index in [9.17, 15) is 9.59 Å². The van der Waals surface area contributed by atoms with Crippen molar-refractivity contribution in [3.63, 3.8) is 0 Å². The number of thioether (sulfide) groups is 1. The molecule has 7 heteroatoms. The van der Waals surface area contributed by atoms with E-state index in [2.05, 4.69) is 16.4 Å². The van der Waals surface area contributed by atoms with Crippen LogP contribution in [0.3, 0.4) is 0 Å². The zero-order valence-electron chi connectivity index (χ0n) is 13.4. The van der Waals surface area contributed by atoms with Gasteiger partial charge in [-0.1, -0.05) is 23.9 Å². The highest BCUT2D eigenvalue weighted by atomic mass is 32.2. The summed E-state index contributed by atoms with van der Waals surface area (Å²) >= 11 is 3.35. The van der Waals surface area contributed by atoms with E-state index in [0.717, 1.165) is 22.0 Å². The molecule has 0 radical (unpaired) electrons. The molecule has 0 saturated heterocycles.